The predicted molar refractivity (Wildman–Crippen MR) is 59.1 cm³/mol. The van der Waals surface area contributed by atoms with Crippen molar-refractivity contribution in [1.29, 1.82) is 0 Å². The molecule has 2 rings (SSSR count). The zero-order valence-corrected chi connectivity index (χ0v) is 8.90. The van der Waals surface area contributed by atoms with Gasteiger partial charge in [0.15, 0.2) is 0 Å². The molecule has 0 aliphatic heterocycles. The van der Waals surface area contributed by atoms with Crippen molar-refractivity contribution in [1.82, 2.24) is 9.78 Å². The Morgan fingerprint density at radius 3 is 2.76 bits per heavy atom. The number of halogens is 2. The highest BCUT2D eigenvalue weighted by Gasteiger charge is 2.12. The van der Waals surface area contributed by atoms with E-state index < -0.39 is 11.6 Å². The molecule has 6 heteroatoms. The van der Waals surface area contributed by atoms with Crippen molar-refractivity contribution in [2.75, 3.05) is 12.3 Å². The zero-order chi connectivity index (χ0) is 12.4. The molecule has 0 spiro atoms. The van der Waals surface area contributed by atoms with E-state index in [2.05, 4.69) is 5.10 Å². The zero-order valence-electron chi connectivity index (χ0n) is 8.90. The maximum absolute atomic E-state index is 13.5. The van der Waals surface area contributed by atoms with Gasteiger partial charge in [-0.1, -0.05) is 0 Å². The summed E-state index contributed by atoms with van der Waals surface area (Å²) in [6.45, 7) is 0.0831. The van der Waals surface area contributed by atoms with E-state index in [0.717, 1.165) is 18.2 Å². The Kier molecular flexibility index (Phi) is 3.06. The number of benzene rings is 1. The molecule has 0 aliphatic rings. The molecular weight excluding hydrogens is 228 g/mol. The van der Waals surface area contributed by atoms with Crippen molar-refractivity contribution < 1.29 is 13.9 Å². The normalized spacial score (nSPS) is 10.8. The first-order valence-corrected chi connectivity index (χ1v) is 5.01. The molecule has 0 saturated heterocycles. The Balaban J connectivity index is 2.45. The van der Waals surface area contributed by atoms with E-state index in [-0.39, 0.29) is 30.2 Å². The third-order valence-corrected chi connectivity index (χ3v) is 2.33. The van der Waals surface area contributed by atoms with E-state index in [1.165, 1.54) is 10.7 Å². The van der Waals surface area contributed by atoms with Crippen LogP contribution in [0.5, 0.6) is 0 Å². The lowest BCUT2D eigenvalue weighted by atomic mass is 10.1. The van der Waals surface area contributed by atoms with Crippen LogP contribution in [-0.2, 0) is 6.54 Å². The molecule has 0 amide bonds. The summed E-state index contributed by atoms with van der Waals surface area (Å²) in [6, 6.07) is 4.56. The highest BCUT2D eigenvalue weighted by atomic mass is 19.1. The van der Waals surface area contributed by atoms with Gasteiger partial charge in [0, 0.05) is 11.6 Å². The van der Waals surface area contributed by atoms with Crippen molar-refractivity contribution in [2.45, 2.75) is 6.54 Å². The second-order valence-electron chi connectivity index (χ2n) is 3.53. The van der Waals surface area contributed by atoms with Crippen LogP contribution in [0.1, 0.15) is 0 Å². The van der Waals surface area contributed by atoms with E-state index in [1.54, 1.807) is 0 Å². The van der Waals surface area contributed by atoms with Crippen LogP contribution in [0.25, 0.3) is 11.3 Å². The number of nitrogens with zero attached hydrogens (tertiary/aromatic N) is 2. The summed E-state index contributed by atoms with van der Waals surface area (Å²) in [5, 5.41) is 12.8. The first-order chi connectivity index (χ1) is 8.11. The minimum absolute atomic E-state index is 0.0494. The van der Waals surface area contributed by atoms with Gasteiger partial charge in [-0.15, -0.1) is 0 Å². The van der Waals surface area contributed by atoms with E-state index in [4.69, 9.17) is 10.8 Å². The van der Waals surface area contributed by atoms with Crippen LogP contribution in [-0.4, -0.2) is 21.5 Å². The minimum Gasteiger partial charge on any atom is -0.394 e. The Hall–Kier alpha value is -1.95. The lowest BCUT2D eigenvalue weighted by Crippen LogP contribution is -2.07. The van der Waals surface area contributed by atoms with E-state index in [9.17, 15) is 8.78 Å². The van der Waals surface area contributed by atoms with Crippen LogP contribution in [0.2, 0.25) is 0 Å². The maximum Gasteiger partial charge on any atom is 0.132 e. The molecule has 4 nitrogen and oxygen atoms in total. The fraction of sp³-hybridized carbons (Fsp3) is 0.182. The molecule has 90 valence electrons. The molecule has 0 bridgehead atoms. The van der Waals surface area contributed by atoms with Crippen LogP contribution in [0.15, 0.2) is 24.3 Å². The molecule has 0 aliphatic carbocycles. The second-order valence-corrected chi connectivity index (χ2v) is 3.53. The summed E-state index contributed by atoms with van der Waals surface area (Å²) in [6.07, 6.45) is 0. The highest BCUT2D eigenvalue weighted by molar-refractivity contribution is 5.63. The van der Waals surface area contributed by atoms with Crippen molar-refractivity contribution in [2.24, 2.45) is 0 Å². The highest BCUT2D eigenvalue weighted by Crippen LogP contribution is 2.24. The van der Waals surface area contributed by atoms with E-state index in [0.29, 0.717) is 0 Å². The number of rotatable bonds is 3. The largest absolute Gasteiger partial charge is 0.394 e. The summed E-state index contributed by atoms with van der Waals surface area (Å²) in [5.41, 5.74) is 5.92. The number of aliphatic hydroxyl groups excluding tert-OH is 1. The Morgan fingerprint density at radius 1 is 1.29 bits per heavy atom. The van der Waals surface area contributed by atoms with Crippen LogP contribution in [0.4, 0.5) is 14.6 Å². The Bertz CT molecular complexity index is 540. The molecule has 1 aromatic heterocycles. The number of hydrogen-bond acceptors (Lipinski definition) is 3. The molecule has 17 heavy (non-hydrogen) atoms. The first-order valence-electron chi connectivity index (χ1n) is 5.01. The molecule has 3 N–H and O–H groups in total. The Morgan fingerprint density at radius 2 is 2.06 bits per heavy atom. The maximum atomic E-state index is 13.5. The molecule has 1 heterocycles. The molecule has 0 atom stereocenters. The third kappa shape index (κ3) is 2.26. The standard InChI is InChI=1S/C11H11F2N3O/c12-7-1-2-9(13)8(5-7)10-6-11(14)16(15-10)3-4-17/h1-2,5-6,17H,3-4,14H2. The number of hydrogen-bond donors (Lipinski definition) is 2. The molecular formula is C11H11F2N3O. The molecule has 0 saturated carbocycles. The molecule has 0 fully saturated rings. The summed E-state index contributed by atoms with van der Waals surface area (Å²) in [4.78, 5) is 0. The summed E-state index contributed by atoms with van der Waals surface area (Å²) >= 11 is 0. The number of anilines is 1. The van der Waals surface area contributed by atoms with Gasteiger partial charge in [0.2, 0.25) is 0 Å². The molecule has 1 aromatic carbocycles. The fourth-order valence-corrected chi connectivity index (χ4v) is 1.53. The summed E-state index contributed by atoms with van der Waals surface area (Å²) < 4.78 is 27.8. The van der Waals surface area contributed by atoms with Crippen molar-refractivity contribution in [3.8, 4) is 11.3 Å². The summed E-state index contributed by atoms with van der Waals surface area (Å²) in [5.74, 6) is -0.825. The average Bonchev–Trinajstić information content (AvgIpc) is 2.64. The van der Waals surface area contributed by atoms with E-state index >= 15 is 0 Å². The number of aromatic nitrogens is 2. The van der Waals surface area contributed by atoms with Crippen molar-refractivity contribution in [3.63, 3.8) is 0 Å². The van der Waals surface area contributed by atoms with Gasteiger partial charge in [-0.3, -0.25) is 0 Å². The molecule has 0 unspecified atom stereocenters. The van der Waals surface area contributed by atoms with Crippen LogP contribution in [0.3, 0.4) is 0 Å². The number of nitrogens with two attached hydrogens (primary N) is 1. The van der Waals surface area contributed by atoms with Crippen LogP contribution >= 0.6 is 0 Å². The van der Waals surface area contributed by atoms with Crippen LogP contribution < -0.4 is 5.73 Å². The van der Waals surface area contributed by atoms with Crippen LogP contribution in [0, 0.1) is 11.6 Å². The molecule has 0 radical (unpaired) electrons. The Labute approximate surface area is 96.3 Å². The topological polar surface area (TPSA) is 64.1 Å². The smallest absolute Gasteiger partial charge is 0.132 e. The van der Waals surface area contributed by atoms with Gasteiger partial charge in [-0.25, -0.2) is 13.5 Å². The second kappa shape index (κ2) is 4.50. The molecule has 2 aromatic rings. The lowest BCUT2D eigenvalue weighted by Gasteiger charge is -2.00. The van der Waals surface area contributed by atoms with Gasteiger partial charge >= 0.3 is 0 Å². The van der Waals surface area contributed by atoms with Gasteiger partial charge < -0.3 is 10.8 Å². The van der Waals surface area contributed by atoms with Gasteiger partial charge in [0.1, 0.15) is 17.5 Å². The minimum atomic E-state index is -0.569. The third-order valence-electron chi connectivity index (χ3n) is 2.33. The monoisotopic (exact) mass is 239 g/mol. The van der Waals surface area contributed by atoms with E-state index in [1.807, 2.05) is 0 Å². The average molecular weight is 239 g/mol. The van der Waals surface area contributed by atoms with Gasteiger partial charge in [-0.2, -0.15) is 5.10 Å². The van der Waals surface area contributed by atoms with Gasteiger partial charge in [-0.05, 0) is 18.2 Å². The fourth-order valence-electron chi connectivity index (χ4n) is 1.53. The van der Waals surface area contributed by atoms with Crippen molar-refractivity contribution in [3.05, 3.63) is 35.9 Å². The lowest BCUT2D eigenvalue weighted by molar-refractivity contribution is 0.270. The quantitative estimate of drug-likeness (QED) is 0.851. The SMILES string of the molecule is Nc1cc(-c2cc(F)ccc2F)nn1CCO. The van der Waals surface area contributed by atoms with Gasteiger partial charge in [0.05, 0.1) is 18.8 Å². The number of aliphatic hydroxyl groups is 1. The predicted octanol–water partition coefficient (Wildman–Crippen LogP) is 1.40. The summed E-state index contributed by atoms with van der Waals surface area (Å²) in [7, 11) is 0. The number of nitrogen functional groups attached to an aromatic ring is 1. The van der Waals surface area contributed by atoms with Crippen molar-refractivity contribution >= 4 is 5.82 Å². The van der Waals surface area contributed by atoms with Gasteiger partial charge in [0.25, 0.3) is 0 Å². The first kappa shape index (κ1) is 11.5.